The predicted octanol–water partition coefficient (Wildman–Crippen LogP) is 2.29. The van der Waals surface area contributed by atoms with Crippen molar-refractivity contribution in [1.29, 1.82) is 0 Å². The predicted molar refractivity (Wildman–Crippen MR) is 125 cm³/mol. The Morgan fingerprint density at radius 1 is 0.844 bits per heavy atom. The summed E-state index contributed by atoms with van der Waals surface area (Å²) in [5.41, 5.74) is 0.905. The lowest BCUT2D eigenvalue weighted by Gasteiger charge is -2.35. The maximum Gasteiger partial charge on any atom is 0.243 e. The van der Waals surface area contributed by atoms with Crippen LogP contribution in [0.25, 0.3) is 10.8 Å². The van der Waals surface area contributed by atoms with Gasteiger partial charge in [0.25, 0.3) is 0 Å². The van der Waals surface area contributed by atoms with Crippen molar-refractivity contribution in [2.75, 3.05) is 62.3 Å². The van der Waals surface area contributed by atoms with Gasteiger partial charge in [0.2, 0.25) is 16.0 Å². The van der Waals surface area contributed by atoms with Gasteiger partial charge in [-0.3, -0.25) is 0 Å². The van der Waals surface area contributed by atoms with E-state index in [0.717, 1.165) is 35.4 Å². The van der Waals surface area contributed by atoms with Gasteiger partial charge in [-0.15, -0.1) is 0 Å². The number of piperazine rings is 1. The maximum absolute atomic E-state index is 13.4. The summed E-state index contributed by atoms with van der Waals surface area (Å²) in [5.74, 6) is 1.57. The fourth-order valence-electron chi connectivity index (χ4n) is 4.32. The van der Waals surface area contributed by atoms with E-state index >= 15 is 0 Å². The number of nitrogens with zero attached hydrogens (tertiary/aromatic N) is 5. The zero-order chi connectivity index (χ0) is 22.1. The molecule has 0 bridgehead atoms. The Labute approximate surface area is 188 Å². The number of ether oxygens (including phenoxy) is 1. The monoisotopic (exact) mass is 453 g/mol. The quantitative estimate of drug-likeness (QED) is 0.600. The summed E-state index contributed by atoms with van der Waals surface area (Å²) in [5, 5.41) is 1.69. The molecule has 0 unspecified atom stereocenters. The SMILES string of the molecule is Cc1cc(N2CCN(S(=O)(=O)c3cccc4ccccc34)CC2)nc(N2CCOCC2)n1. The fraction of sp³-hybridized carbons (Fsp3) is 0.391. The molecule has 0 amide bonds. The topological polar surface area (TPSA) is 78.9 Å². The molecule has 0 spiro atoms. The number of fused-ring (bicyclic) bond motifs is 1. The van der Waals surface area contributed by atoms with Crippen molar-refractivity contribution in [2.45, 2.75) is 11.8 Å². The number of morpholine rings is 1. The number of benzene rings is 2. The van der Waals surface area contributed by atoms with E-state index in [4.69, 9.17) is 9.72 Å². The van der Waals surface area contributed by atoms with Crippen LogP contribution in [-0.4, -0.2) is 75.2 Å². The van der Waals surface area contributed by atoms with Crippen LogP contribution in [0, 0.1) is 6.92 Å². The van der Waals surface area contributed by atoms with Gasteiger partial charge in [0.1, 0.15) is 5.82 Å². The molecule has 1 aromatic heterocycles. The average molecular weight is 454 g/mol. The van der Waals surface area contributed by atoms with Crippen molar-refractivity contribution in [1.82, 2.24) is 14.3 Å². The average Bonchev–Trinajstić information content (AvgIpc) is 2.84. The van der Waals surface area contributed by atoms with Gasteiger partial charge in [0.15, 0.2) is 0 Å². The zero-order valence-corrected chi connectivity index (χ0v) is 19.0. The van der Waals surface area contributed by atoms with Crippen molar-refractivity contribution >= 4 is 32.6 Å². The number of sulfonamides is 1. The van der Waals surface area contributed by atoms with Crippen molar-refractivity contribution in [2.24, 2.45) is 0 Å². The second-order valence-corrected chi connectivity index (χ2v) is 10.0. The number of aromatic nitrogens is 2. The van der Waals surface area contributed by atoms with Crippen molar-refractivity contribution in [3.8, 4) is 0 Å². The summed E-state index contributed by atoms with van der Waals surface area (Å²) in [6.07, 6.45) is 0. The number of rotatable bonds is 4. The molecule has 0 N–H and O–H groups in total. The number of aryl methyl sites for hydroxylation is 1. The third-order valence-electron chi connectivity index (χ3n) is 6.05. The lowest BCUT2D eigenvalue weighted by atomic mass is 10.1. The molecule has 8 nitrogen and oxygen atoms in total. The van der Waals surface area contributed by atoms with Crippen LogP contribution in [0.2, 0.25) is 0 Å². The first-order chi connectivity index (χ1) is 15.5. The van der Waals surface area contributed by atoms with Crippen LogP contribution >= 0.6 is 0 Å². The van der Waals surface area contributed by atoms with Crippen molar-refractivity contribution in [3.05, 3.63) is 54.2 Å². The van der Waals surface area contributed by atoms with E-state index in [1.165, 1.54) is 0 Å². The van der Waals surface area contributed by atoms with Crippen LogP contribution in [0.15, 0.2) is 53.4 Å². The first kappa shape index (κ1) is 21.1. The standard InChI is InChI=1S/C23H27N5O3S/c1-18-17-22(25-23(24-18)27-13-15-31-16-14-27)26-9-11-28(12-10-26)32(29,30)21-8-4-6-19-5-2-3-7-20(19)21/h2-8,17H,9-16H2,1H3. The number of hydrogen-bond donors (Lipinski definition) is 0. The van der Waals surface area contributed by atoms with Crippen LogP contribution in [0.5, 0.6) is 0 Å². The number of anilines is 2. The summed E-state index contributed by atoms with van der Waals surface area (Å²) < 4.78 is 33.9. The highest BCUT2D eigenvalue weighted by Gasteiger charge is 2.30. The molecule has 0 atom stereocenters. The molecule has 5 rings (SSSR count). The van der Waals surface area contributed by atoms with Gasteiger partial charge in [-0.1, -0.05) is 36.4 Å². The van der Waals surface area contributed by atoms with Crippen LogP contribution in [0.1, 0.15) is 5.69 Å². The zero-order valence-electron chi connectivity index (χ0n) is 18.1. The van der Waals surface area contributed by atoms with E-state index in [1.807, 2.05) is 49.4 Å². The third kappa shape index (κ3) is 4.03. The Morgan fingerprint density at radius 3 is 2.34 bits per heavy atom. The summed E-state index contributed by atoms with van der Waals surface area (Å²) in [6.45, 7) is 6.89. The van der Waals surface area contributed by atoms with Crippen LogP contribution < -0.4 is 9.80 Å². The van der Waals surface area contributed by atoms with Gasteiger partial charge >= 0.3 is 0 Å². The van der Waals surface area contributed by atoms with Gasteiger partial charge in [0, 0.05) is 56.4 Å². The molecule has 2 saturated heterocycles. The van der Waals surface area contributed by atoms with Gasteiger partial charge in [-0.25, -0.2) is 13.4 Å². The molecule has 0 radical (unpaired) electrons. The van der Waals surface area contributed by atoms with Gasteiger partial charge in [0.05, 0.1) is 18.1 Å². The molecular weight excluding hydrogens is 426 g/mol. The first-order valence-electron chi connectivity index (χ1n) is 10.9. The van der Waals surface area contributed by atoms with Crippen molar-refractivity contribution in [3.63, 3.8) is 0 Å². The minimum Gasteiger partial charge on any atom is -0.378 e. The fourth-order valence-corrected chi connectivity index (χ4v) is 5.96. The highest BCUT2D eigenvalue weighted by atomic mass is 32.2. The first-order valence-corrected chi connectivity index (χ1v) is 12.4. The summed E-state index contributed by atoms with van der Waals surface area (Å²) in [4.78, 5) is 14.0. The number of hydrogen-bond acceptors (Lipinski definition) is 7. The van der Waals surface area contributed by atoms with Crippen LogP contribution in [-0.2, 0) is 14.8 Å². The Bertz CT molecular complexity index is 1210. The van der Waals surface area contributed by atoms with Gasteiger partial charge in [-0.05, 0) is 18.4 Å². The molecule has 168 valence electrons. The van der Waals surface area contributed by atoms with Crippen LogP contribution in [0.3, 0.4) is 0 Å². The highest BCUT2D eigenvalue weighted by molar-refractivity contribution is 7.89. The van der Waals surface area contributed by atoms with E-state index in [-0.39, 0.29) is 0 Å². The van der Waals surface area contributed by atoms with E-state index in [2.05, 4.69) is 14.8 Å². The highest BCUT2D eigenvalue weighted by Crippen LogP contribution is 2.27. The van der Waals surface area contributed by atoms with E-state index in [1.54, 1.807) is 10.4 Å². The van der Waals surface area contributed by atoms with Gasteiger partial charge < -0.3 is 14.5 Å². The molecule has 32 heavy (non-hydrogen) atoms. The Morgan fingerprint density at radius 2 is 1.56 bits per heavy atom. The Kier molecular flexibility index (Phi) is 5.71. The smallest absolute Gasteiger partial charge is 0.243 e. The molecule has 0 aliphatic carbocycles. The van der Waals surface area contributed by atoms with Crippen molar-refractivity contribution < 1.29 is 13.2 Å². The minimum atomic E-state index is -3.58. The molecule has 3 heterocycles. The summed E-state index contributed by atoms with van der Waals surface area (Å²) >= 11 is 0. The molecule has 2 fully saturated rings. The molecular formula is C23H27N5O3S. The van der Waals surface area contributed by atoms with Crippen LogP contribution in [0.4, 0.5) is 11.8 Å². The van der Waals surface area contributed by atoms with E-state index in [9.17, 15) is 8.42 Å². The maximum atomic E-state index is 13.4. The van der Waals surface area contributed by atoms with E-state index < -0.39 is 10.0 Å². The van der Waals surface area contributed by atoms with E-state index in [0.29, 0.717) is 50.2 Å². The Hall–Kier alpha value is -2.75. The summed E-state index contributed by atoms with van der Waals surface area (Å²) in [6, 6.07) is 15.0. The summed E-state index contributed by atoms with van der Waals surface area (Å²) in [7, 11) is -3.58. The largest absolute Gasteiger partial charge is 0.378 e. The Balaban J connectivity index is 1.34. The molecule has 2 aromatic carbocycles. The minimum absolute atomic E-state index is 0.372. The lowest BCUT2D eigenvalue weighted by molar-refractivity contribution is 0.122. The lowest BCUT2D eigenvalue weighted by Crippen LogP contribution is -2.49. The molecule has 0 saturated carbocycles. The second-order valence-electron chi connectivity index (χ2n) is 8.14. The normalized spacial score (nSPS) is 18.3. The van der Waals surface area contributed by atoms with Gasteiger partial charge in [-0.2, -0.15) is 9.29 Å². The molecule has 3 aromatic rings. The molecule has 9 heteroatoms. The molecule has 2 aliphatic heterocycles. The third-order valence-corrected chi connectivity index (χ3v) is 8.01. The second kappa shape index (κ2) is 8.65. The molecule has 2 aliphatic rings.